The average Bonchev–Trinajstić information content (AvgIpc) is 3.36. The third-order valence-corrected chi connectivity index (χ3v) is 5.26. The van der Waals surface area contributed by atoms with E-state index in [9.17, 15) is 9.59 Å². The highest BCUT2D eigenvalue weighted by atomic mass is 35.5. The highest BCUT2D eigenvalue weighted by Gasteiger charge is 2.27. The van der Waals surface area contributed by atoms with Gasteiger partial charge in [-0.05, 0) is 48.4 Å². The number of piperazine rings is 1. The third-order valence-electron chi connectivity index (χ3n) is 5.03. The Morgan fingerprint density at radius 1 is 1.22 bits per heavy atom. The molecule has 1 fully saturated rings. The Morgan fingerprint density at radius 2 is 2.06 bits per heavy atom. The predicted octanol–water partition coefficient (Wildman–Crippen LogP) is 1.86. The van der Waals surface area contributed by atoms with Crippen LogP contribution in [0.25, 0.3) is 6.08 Å². The number of halogens is 1. The maximum Gasteiger partial charge on any atom is 0.247 e. The SMILES string of the molecule is Cc1cc(CN2CCN(C(=O)/C=C/c3ccc(Cl)cc3Cn3nnc(C)n3)CC2=O)on1. The van der Waals surface area contributed by atoms with Gasteiger partial charge in [0.25, 0.3) is 0 Å². The summed E-state index contributed by atoms with van der Waals surface area (Å²) in [5.41, 5.74) is 2.42. The number of hydrogen-bond donors (Lipinski definition) is 0. The van der Waals surface area contributed by atoms with Crippen molar-refractivity contribution in [1.29, 1.82) is 0 Å². The van der Waals surface area contributed by atoms with Crippen molar-refractivity contribution >= 4 is 29.5 Å². The molecule has 10 nitrogen and oxygen atoms in total. The number of nitrogens with zero attached hydrogens (tertiary/aromatic N) is 7. The first-order valence-electron chi connectivity index (χ1n) is 10.1. The molecule has 0 saturated carbocycles. The molecule has 0 atom stereocenters. The molecule has 0 bridgehead atoms. The van der Waals surface area contributed by atoms with Gasteiger partial charge in [-0.1, -0.05) is 22.8 Å². The van der Waals surface area contributed by atoms with Gasteiger partial charge in [0.2, 0.25) is 11.8 Å². The van der Waals surface area contributed by atoms with E-state index in [1.54, 1.807) is 36.1 Å². The summed E-state index contributed by atoms with van der Waals surface area (Å²) in [7, 11) is 0. The Hall–Kier alpha value is -3.53. The zero-order valence-corrected chi connectivity index (χ0v) is 18.5. The molecule has 32 heavy (non-hydrogen) atoms. The molecule has 0 radical (unpaired) electrons. The van der Waals surface area contributed by atoms with Crippen molar-refractivity contribution in [2.24, 2.45) is 0 Å². The number of amides is 2. The van der Waals surface area contributed by atoms with Crippen LogP contribution < -0.4 is 0 Å². The molecule has 2 aromatic heterocycles. The highest BCUT2D eigenvalue weighted by molar-refractivity contribution is 6.30. The number of tetrazole rings is 1. The first-order valence-corrected chi connectivity index (χ1v) is 10.4. The Balaban J connectivity index is 1.40. The number of carbonyl (C=O) groups excluding carboxylic acids is 2. The molecule has 0 N–H and O–H groups in total. The third kappa shape index (κ3) is 5.20. The maximum atomic E-state index is 12.7. The minimum Gasteiger partial charge on any atom is -0.359 e. The summed E-state index contributed by atoms with van der Waals surface area (Å²) in [5.74, 6) is 0.834. The van der Waals surface area contributed by atoms with E-state index in [1.165, 1.54) is 15.8 Å². The summed E-state index contributed by atoms with van der Waals surface area (Å²) in [6.45, 7) is 5.20. The standard InChI is InChI=1S/C21H22ClN7O3/c1-14-9-19(32-25-14)12-27-7-8-28(13-21(27)31)20(30)6-4-16-3-5-18(22)10-17(16)11-29-24-15(2)23-26-29/h3-6,9-10H,7-8,11-13H2,1-2H3/b6-4+. The maximum absolute atomic E-state index is 12.7. The van der Waals surface area contributed by atoms with E-state index in [4.69, 9.17) is 16.1 Å². The Morgan fingerprint density at radius 3 is 2.75 bits per heavy atom. The van der Waals surface area contributed by atoms with Crippen LogP contribution in [0.1, 0.15) is 28.4 Å². The second kappa shape index (κ2) is 9.31. The van der Waals surface area contributed by atoms with Gasteiger partial charge in [0, 0.05) is 30.3 Å². The van der Waals surface area contributed by atoms with E-state index in [-0.39, 0.29) is 18.4 Å². The molecule has 1 aliphatic heterocycles. The predicted molar refractivity (Wildman–Crippen MR) is 115 cm³/mol. The lowest BCUT2D eigenvalue weighted by atomic mass is 10.1. The summed E-state index contributed by atoms with van der Waals surface area (Å²) in [4.78, 5) is 29.9. The van der Waals surface area contributed by atoms with Gasteiger partial charge in [0.05, 0.1) is 18.8 Å². The second-order valence-corrected chi connectivity index (χ2v) is 7.99. The smallest absolute Gasteiger partial charge is 0.247 e. The van der Waals surface area contributed by atoms with Crippen LogP contribution in [0.5, 0.6) is 0 Å². The molecule has 1 saturated heterocycles. The number of carbonyl (C=O) groups is 2. The number of aryl methyl sites for hydroxylation is 2. The summed E-state index contributed by atoms with van der Waals surface area (Å²) in [6, 6.07) is 7.18. The minimum atomic E-state index is -0.232. The normalized spacial score (nSPS) is 14.5. The Kier molecular flexibility index (Phi) is 6.31. The van der Waals surface area contributed by atoms with Crippen LogP contribution >= 0.6 is 11.6 Å². The van der Waals surface area contributed by atoms with Gasteiger partial charge in [-0.25, -0.2) is 0 Å². The molecule has 11 heteroatoms. The van der Waals surface area contributed by atoms with Crippen molar-refractivity contribution in [1.82, 2.24) is 35.2 Å². The summed E-state index contributed by atoms with van der Waals surface area (Å²) >= 11 is 6.14. The molecule has 4 rings (SSSR count). The van der Waals surface area contributed by atoms with E-state index in [0.717, 1.165) is 16.8 Å². The topological polar surface area (TPSA) is 110 Å². The van der Waals surface area contributed by atoms with Crippen LogP contribution in [-0.2, 0) is 22.7 Å². The van der Waals surface area contributed by atoms with Crippen LogP contribution in [0.15, 0.2) is 34.9 Å². The van der Waals surface area contributed by atoms with E-state index in [0.29, 0.717) is 42.8 Å². The van der Waals surface area contributed by atoms with Gasteiger partial charge in [0.1, 0.15) is 6.54 Å². The van der Waals surface area contributed by atoms with Crippen molar-refractivity contribution in [2.75, 3.05) is 19.6 Å². The molecule has 166 valence electrons. The molecule has 1 aromatic carbocycles. The van der Waals surface area contributed by atoms with Crippen LogP contribution in [0, 0.1) is 13.8 Å². The molecule has 2 amide bonds. The number of benzene rings is 1. The van der Waals surface area contributed by atoms with Crippen molar-refractivity contribution in [3.8, 4) is 0 Å². The Labute approximate surface area is 189 Å². The quantitative estimate of drug-likeness (QED) is 0.521. The minimum absolute atomic E-state index is 0.0198. The lowest BCUT2D eigenvalue weighted by Gasteiger charge is -2.33. The summed E-state index contributed by atoms with van der Waals surface area (Å²) in [6.07, 6.45) is 3.18. The summed E-state index contributed by atoms with van der Waals surface area (Å²) < 4.78 is 5.18. The van der Waals surface area contributed by atoms with Crippen molar-refractivity contribution in [2.45, 2.75) is 26.9 Å². The summed E-state index contributed by atoms with van der Waals surface area (Å²) in [5, 5.41) is 16.4. The fraction of sp³-hybridized carbons (Fsp3) is 0.333. The number of rotatable bonds is 6. The lowest BCUT2D eigenvalue weighted by molar-refractivity contribution is -0.143. The monoisotopic (exact) mass is 455 g/mol. The van der Waals surface area contributed by atoms with E-state index in [1.807, 2.05) is 13.0 Å². The van der Waals surface area contributed by atoms with Gasteiger partial charge in [-0.15, -0.1) is 10.2 Å². The van der Waals surface area contributed by atoms with Crippen molar-refractivity contribution in [3.05, 3.63) is 63.8 Å². The van der Waals surface area contributed by atoms with Crippen LogP contribution in [0.4, 0.5) is 0 Å². The molecular formula is C21H22ClN7O3. The van der Waals surface area contributed by atoms with E-state index < -0.39 is 0 Å². The zero-order chi connectivity index (χ0) is 22.7. The second-order valence-electron chi connectivity index (χ2n) is 7.55. The average molecular weight is 456 g/mol. The van der Waals surface area contributed by atoms with E-state index >= 15 is 0 Å². The van der Waals surface area contributed by atoms with Crippen molar-refractivity contribution in [3.63, 3.8) is 0 Å². The van der Waals surface area contributed by atoms with Gasteiger partial charge < -0.3 is 14.3 Å². The van der Waals surface area contributed by atoms with Crippen LogP contribution in [-0.4, -0.2) is 66.6 Å². The number of hydrogen-bond acceptors (Lipinski definition) is 7. The van der Waals surface area contributed by atoms with Gasteiger partial charge >= 0.3 is 0 Å². The Bertz CT molecular complexity index is 1170. The molecular weight excluding hydrogens is 434 g/mol. The molecule has 0 aliphatic carbocycles. The zero-order valence-electron chi connectivity index (χ0n) is 17.7. The molecule has 0 unspecified atom stereocenters. The van der Waals surface area contributed by atoms with Crippen LogP contribution in [0.3, 0.4) is 0 Å². The first kappa shape index (κ1) is 21.7. The number of aromatic nitrogens is 5. The van der Waals surface area contributed by atoms with Crippen LogP contribution in [0.2, 0.25) is 5.02 Å². The molecule has 0 spiro atoms. The fourth-order valence-corrected chi connectivity index (χ4v) is 3.62. The van der Waals surface area contributed by atoms with Gasteiger partial charge in [-0.3, -0.25) is 9.59 Å². The lowest BCUT2D eigenvalue weighted by Crippen LogP contribution is -2.51. The van der Waals surface area contributed by atoms with Crippen molar-refractivity contribution < 1.29 is 14.1 Å². The van der Waals surface area contributed by atoms with Gasteiger partial charge in [-0.2, -0.15) is 4.80 Å². The van der Waals surface area contributed by atoms with E-state index in [2.05, 4.69) is 20.6 Å². The first-order chi connectivity index (χ1) is 15.4. The fourth-order valence-electron chi connectivity index (χ4n) is 3.43. The molecule has 3 aromatic rings. The molecule has 1 aliphatic rings. The highest BCUT2D eigenvalue weighted by Crippen LogP contribution is 2.19. The molecule has 3 heterocycles. The van der Waals surface area contributed by atoms with Gasteiger partial charge in [0.15, 0.2) is 11.6 Å². The largest absolute Gasteiger partial charge is 0.359 e.